The number of carbonyl (C=O) groups is 1. The number of rotatable bonds is 6. The number of fused-ring (bicyclic) bond motifs is 1. The summed E-state index contributed by atoms with van der Waals surface area (Å²) in [4.78, 5) is 14.7. The second-order valence-corrected chi connectivity index (χ2v) is 23.2. The Morgan fingerprint density at radius 2 is 1.52 bits per heavy atom. The normalized spacial score (nSPS) is 35.7. The first-order valence-corrected chi connectivity index (χ1v) is 19.0. The Morgan fingerprint density at radius 1 is 0.968 bits per heavy atom. The Labute approximate surface area is 197 Å². The van der Waals surface area contributed by atoms with Crippen LogP contribution in [0, 0.1) is 17.8 Å². The molecule has 0 N–H and O–H groups in total. The third kappa shape index (κ3) is 3.82. The zero-order valence-electron chi connectivity index (χ0n) is 21.6. The maximum atomic E-state index is 14.7. The van der Waals surface area contributed by atoms with Gasteiger partial charge < -0.3 is 8.85 Å². The van der Waals surface area contributed by atoms with E-state index in [2.05, 4.69) is 98.3 Å². The van der Waals surface area contributed by atoms with E-state index in [1.54, 1.807) is 11.8 Å². The van der Waals surface area contributed by atoms with Crippen LogP contribution in [0.3, 0.4) is 0 Å². The van der Waals surface area contributed by atoms with Crippen molar-refractivity contribution < 1.29 is 13.6 Å². The summed E-state index contributed by atoms with van der Waals surface area (Å²) in [6.45, 7) is 22.6. The predicted molar refractivity (Wildman–Crippen MR) is 139 cm³/mol. The van der Waals surface area contributed by atoms with Crippen LogP contribution < -0.4 is 0 Å². The van der Waals surface area contributed by atoms with Crippen LogP contribution in [0.5, 0.6) is 0 Å². The summed E-state index contributed by atoms with van der Waals surface area (Å²) in [7, 11) is -4.39. The number of hydrogen-bond donors (Lipinski definition) is 0. The average Bonchev–Trinajstić information content (AvgIpc) is 3.08. The van der Waals surface area contributed by atoms with Gasteiger partial charge in [-0.05, 0) is 60.9 Å². The summed E-state index contributed by atoms with van der Waals surface area (Å²) >= 11 is 1.74. The number of ketones is 1. The Bertz CT molecular complexity index is 790. The van der Waals surface area contributed by atoms with E-state index >= 15 is 0 Å². The van der Waals surface area contributed by atoms with E-state index in [4.69, 9.17) is 8.85 Å². The van der Waals surface area contributed by atoms with Gasteiger partial charge >= 0.3 is 0 Å². The van der Waals surface area contributed by atoms with E-state index in [0.717, 1.165) is 6.42 Å². The molecule has 6 heteroatoms. The number of Topliss-reactive ketones (excluding diaryl/α,β-unsaturated/α-hetero) is 1. The second-order valence-electron chi connectivity index (χ2n) is 12.9. The zero-order chi connectivity index (χ0) is 23.7. The molecule has 0 aromatic rings. The van der Waals surface area contributed by atoms with E-state index in [-0.39, 0.29) is 27.7 Å². The highest BCUT2D eigenvalue weighted by Crippen LogP contribution is 2.60. The summed E-state index contributed by atoms with van der Waals surface area (Å²) < 4.78 is 14.3. The predicted octanol–water partition coefficient (Wildman–Crippen LogP) is 6.83. The molecule has 4 aliphatic rings. The summed E-state index contributed by atoms with van der Waals surface area (Å²) in [5.74, 6) is 1.50. The lowest BCUT2D eigenvalue weighted by Gasteiger charge is -2.61. The number of allylic oxidation sites excluding steroid dienone is 1. The first kappa shape index (κ1) is 25.5. The van der Waals surface area contributed by atoms with Crippen molar-refractivity contribution in [3.63, 3.8) is 0 Å². The Balaban J connectivity index is 2.17. The maximum absolute atomic E-state index is 14.7. The van der Waals surface area contributed by atoms with Crippen molar-refractivity contribution in [1.82, 2.24) is 0 Å². The lowest BCUT2D eigenvalue weighted by molar-refractivity contribution is -0.171. The molecule has 2 bridgehead atoms. The molecular formula is C25H44O3SSi2. The number of hydrogen-bond acceptors (Lipinski definition) is 4. The molecule has 0 radical (unpaired) electrons. The van der Waals surface area contributed by atoms with Crippen LogP contribution in [0.4, 0.5) is 0 Å². The SMILES string of the molecule is CSC[C@@]1(O[Si](C)(C)C(C)(C)C)C(=O)[C@@]2(O[Si](C)(C)C(C)(C)C)C=C[C@@H]1[C@@H]1CC=C[C@@H]12. The summed E-state index contributed by atoms with van der Waals surface area (Å²) in [6, 6.07) is 0. The molecule has 0 aliphatic heterocycles. The molecule has 0 spiro atoms. The van der Waals surface area contributed by atoms with E-state index in [1.165, 1.54) is 0 Å². The lowest BCUT2D eigenvalue weighted by atomic mass is 9.54. The van der Waals surface area contributed by atoms with Gasteiger partial charge in [0.1, 0.15) is 11.2 Å². The van der Waals surface area contributed by atoms with E-state index in [9.17, 15) is 4.79 Å². The summed E-state index contributed by atoms with van der Waals surface area (Å²) in [5.41, 5.74) is -1.69. The van der Waals surface area contributed by atoms with Gasteiger partial charge in [-0.1, -0.05) is 59.8 Å². The topological polar surface area (TPSA) is 35.5 Å². The maximum Gasteiger partial charge on any atom is 0.200 e. The van der Waals surface area contributed by atoms with Crippen LogP contribution in [0.25, 0.3) is 0 Å². The van der Waals surface area contributed by atoms with Crippen LogP contribution >= 0.6 is 11.8 Å². The van der Waals surface area contributed by atoms with Crippen molar-refractivity contribution in [3.05, 3.63) is 24.3 Å². The minimum Gasteiger partial charge on any atom is -0.403 e. The van der Waals surface area contributed by atoms with Gasteiger partial charge in [0.05, 0.1) is 0 Å². The van der Waals surface area contributed by atoms with Crippen molar-refractivity contribution in [1.29, 1.82) is 0 Å². The van der Waals surface area contributed by atoms with Gasteiger partial charge in [-0.3, -0.25) is 4.79 Å². The molecule has 3 nitrogen and oxygen atoms in total. The standard InChI is InChI=1S/C25H44O3SSi2/c1-22(2,3)30(8,9)27-24-16-15-20(18-13-12-14-19(18)24)25(17-29-7,21(24)26)28-31(10,11)23(4,5)6/h12,14-16,18-20H,13,17H2,1-11H3/t18-,19+,20-,24-,25+/m1/s1. The monoisotopic (exact) mass is 480 g/mol. The quantitative estimate of drug-likeness (QED) is 0.308. The fourth-order valence-corrected chi connectivity index (χ4v) is 8.95. The Morgan fingerprint density at radius 3 is 2.03 bits per heavy atom. The molecule has 0 heterocycles. The highest BCUT2D eigenvalue weighted by molar-refractivity contribution is 7.98. The van der Waals surface area contributed by atoms with E-state index in [1.807, 2.05) is 0 Å². The number of carbonyl (C=O) groups excluding carboxylic acids is 1. The molecule has 0 unspecified atom stereocenters. The molecule has 4 rings (SSSR count). The smallest absolute Gasteiger partial charge is 0.200 e. The Kier molecular flexibility index (Phi) is 6.32. The Hall–Kier alpha value is -0.146. The van der Waals surface area contributed by atoms with Gasteiger partial charge in [0, 0.05) is 17.6 Å². The van der Waals surface area contributed by atoms with Gasteiger partial charge in [-0.25, -0.2) is 0 Å². The van der Waals surface area contributed by atoms with Gasteiger partial charge in [0.25, 0.3) is 0 Å². The van der Waals surface area contributed by atoms with Crippen LogP contribution in [0.2, 0.25) is 36.3 Å². The molecular weight excluding hydrogens is 437 g/mol. The molecule has 0 aromatic carbocycles. The third-order valence-electron chi connectivity index (χ3n) is 8.83. The van der Waals surface area contributed by atoms with E-state index < -0.39 is 27.8 Å². The van der Waals surface area contributed by atoms with Crippen molar-refractivity contribution >= 4 is 34.2 Å². The van der Waals surface area contributed by atoms with Crippen molar-refractivity contribution in [2.24, 2.45) is 17.8 Å². The van der Waals surface area contributed by atoms with Gasteiger partial charge in [-0.2, -0.15) is 11.8 Å². The molecule has 1 fully saturated rings. The van der Waals surface area contributed by atoms with Crippen LogP contribution in [0.1, 0.15) is 48.0 Å². The molecule has 5 atom stereocenters. The molecule has 0 saturated heterocycles. The summed E-state index contributed by atoms with van der Waals surface area (Å²) in [6.07, 6.45) is 12.1. The average molecular weight is 481 g/mol. The zero-order valence-corrected chi connectivity index (χ0v) is 24.4. The lowest BCUT2D eigenvalue weighted by Crippen LogP contribution is -2.74. The minimum absolute atomic E-state index is 0.0322. The highest BCUT2D eigenvalue weighted by atomic mass is 32.2. The molecule has 0 amide bonds. The highest BCUT2D eigenvalue weighted by Gasteiger charge is 2.70. The fraction of sp³-hybridized carbons (Fsp3) is 0.800. The third-order valence-corrected chi connectivity index (χ3v) is 18.5. The molecule has 0 aromatic heterocycles. The summed E-state index contributed by atoms with van der Waals surface area (Å²) in [5, 5.41) is 0.0737. The van der Waals surface area contributed by atoms with Gasteiger partial charge in [0.2, 0.25) is 0 Å². The minimum atomic E-state index is -2.20. The van der Waals surface area contributed by atoms with Gasteiger partial charge in [-0.15, -0.1) is 0 Å². The first-order valence-electron chi connectivity index (χ1n) is 11.8. The molecule has 31 heavy (non-hydrogen) atoms. The second kappa shape index (κ2) is 7.69. The number of thioether (sulfide) groups is 1. The molecule has 1 saturated carbocycles. The van der Waals surface area contributed by atoms with Crippen LogP contribution in [-0.4, -0.2) is 45.6 Å². The van der Waals surface area contributed by atoms with Crippen LogP contribution in [0.15, 0.2) is 24.3 Å². The van der Waals surface area contributed by atoms with Crippen LogP contribution in [-0.2, 0) is 13.6 Å². The van der Waals surface area contributed by atoms with Crippen molar-refractivity contribution in [3.8, 4) is 0 Å². The first-order chi connectivity index (χ1) is 14.0. The fourth-order valence-electron chi connectivity index (χ4n) is 5.07. The van der Waals surface area contributed by atoms with E-state index in [0.29, 0.717) is 11.7 Å². The molecule has 176 valence electrons. The van der Waals surface area contributed by atoms with Gasteiger partial charge in [0.15, 0.2) is 22.4 Å². The largest absolute Gasteiger partial charge is 0.403 e. The molecule has 4 aliphatic carbocycles. The van der Waals surface area contributed by atoms with Crippen molar-refractivity contribution in [2.75, 3.05) is 12.0 Å². The van der Waals surface area contributed by atoms with Crippen molar-refractivity contribution in [2.45, 2.75) is 95.4 Å².